The van der Waals surface area contributed by atoms with Gasteiger partial charge >= 0.3 is 0 Å². The van der Waals surface area contributed by atoms with E-state index in [0.717, 1.165) is 17.1 Å². The van der Waals surface area contributed by atoms with Gasteiger partial charge in [0.05, 0.1) is 27.9 Å². The van der Waals surface area contributed by atoms with Crippen molar-refractivity contribution < 1.29 is 13.3 Å². The number of rotatable bonds is 2. The summed E-state index contributed by atoms with van der Waals surface area (Å²) in [7, 11) is 0. The highest BCUT2D eigenvalue weighted by molar-refractivity contribution is 6.31. The van der Waals surface area contributed by atoms with Crippen LogP contribution in [0.3, 0.4) is 0 Å². The quantitative estimate of drug-likeness (QED) is 0.558. The van der Waals surface area contributed by atoms with Crippen molar-refractivity contribution in [3.8, 4) is 22.8 Å². The van der Waals surface area contributed by atoms with Crippen LogP contribution in [0.5, 0.6) is 0 Å². The predicted octanol–water partition coefficient (Wildman–Crippen LogP) is 4.21. The molecule has 0 aliphatic carbocycles. The summed E-state index contributed by atoms with van der Waals surface area (Å²) in [5.74, 6) is -1.48. The number of nitrogens with one attached hydrogen (secondary N) is 1. The van der Waals surface area contributed by atoms with Gasteiger partial charge in [0.1, 0.15) is 11.6 Å². The lowest BCUT2D eigenvalue weighted by Crippen LogP contribution is -1.88. The Balaban J connectivity index is 1.78. The average Bonchev–Trinajstić information content (AvgIpc) is 3.19. The summed E-state index contributed by atoms with van der Waals surface area (Å²) in [5, 5.41) is 3.60. The minimum atomic E-state index is -0.850. The van der Waals surface area contributed by atoms with Gasteiger partial charge in [0, 0.05) is 11.6 Å². The number of halogens is 3. The monoisotopic (exact) mass is 332 g/mol. The number of fused-ring (bicyclic) bond motifs is 1. The van der Waals surface area contributed by atoms with Crippen molar-refractivity contribution >= 4 is 22.6 Å². The van der Waals surface area contributed by atoms with Gasteiger partial charge in [-0.1, -0.05) is 16.8 Å². The van der Waals surface area contributed by atoms with Crippen LogP contribution in [0.15, 0.2) is 41.2 Å². The van der Waals surface area contributed by atoms with Crippen molar-refractivity contribution in [1.29, 1.82) is 0 Å². The molecule has 0 amide bonds. The third-order valence-corrected chi connectivity index (χ3v) is 3.63. The van der Waals surface area contributed by atoms with Gasteiger partial charge in [-0.3, -0.25) is 0 Å². The molecule has 0 spiro atoms. The number of H-pyrrole nitrogens is 1. The van der Waals surface area contributed by atoms with E-state index in [1.165, 1.54) is 0 Å². The zero-order valence-electron chi connectivity index (χ0n) is 11.3. The molecule has 0 bridgehead atoms. The Morgan fingerprint density at radius 3 is 2.83 bits per heavy atom. The van der Waals surface area contributed by atoms with Crippen LogP contribution in [0.1, 0.15) is 0 Å². The van der Waals surface area contributed by atoms with Crippen molar-refractivity contribution in [2.24, 2.45) is 0 Å². The molecule has 4 rings (SSSR count). The highest BCUT2D eigenvalue weighted by atomic mass is 35.5. The van der Waals surface area contributed by atoms with Gasteiger partial charge in [-0.2, -0.15) is 4.98 Å². The zero-order chi connectivity index (χ0) is 16.0. The molecule has 8 heteroatoms. The molecule has 0 radical (unpaired) electrons. The molecule has 0 fully saturated rings. The fourth-order valence-corrected chi connectivity index (χ4v) is 2.37. The summed E-state index contributed by atoms with van der Waals surface area (Å²) in [6, 6.07) is 7.16. The van der Waals surface area contributed by atoms with E-state index in [2.05, 4.69) is 20.1 Å². The van der Waals surface area contributed by atoms with Crippen LogP contribution in [0.2, 0.25) is 5.02 Å². The minimum Gasteiger partial charge on any atom is -0.345 e. The van der Waals surface area contributed by atoms with E-state index in [4.69, 9.17) is 16.1 Å². The molecule has 2 aromatic heterocycles. The van der Waals surface area contributed by atoms with Crippen LogP contribution in [-0.4, -0.2) is 20.1 Å². The first-order chi connectivity index (χ1) is 11.1. The van der Waals surface area contributed by atoms with Crippen molar-refractivity contribution in [1.82, 2.24) is 20.1 Å². The second-order valence-corrected chi connectivity index (χ2v) is 5.21. The molecule has 0 saturated carbocycles. The molecule has 0 saturated heterocycles. The fourth-order valence-electron chi connectivity index (χ4n) is 2.21. The van der Waals surface area contributed by atoms with Gasteiger partial charge in [-0.15, -0.1) is 0 Å². The summed E-state index contributed by atoms with van der Waals surface area (Å²) in [6.07, 6.45) is 1.58. The maximum Gasteiger partial charge on any atom is 0.261 e. The van der Waals surface area contributed by atoms with Gasteiger partial charge < -0.3 is 9.51 Å². The van der Waals surface area contributed by atoms with E-state index < -0.39 is 11.6 Å². The fraction of sp³-hybridized carbons (Fsp3) is 0. The van der Waals surface area contributed by atoms with E-state index in [1.807, 2.05) is 0 Å². The molecular weight excluding hydrogens is 326 g/mol. The van der Waals surface area contributed by atoms with Gasteiger partial charge in [-0.05, 0) is 24.3 Å². The second-order valence-electron chi connectivity index (χ2n) is 4.80. The number of nitrogens with zero attached hydrogens (tertiary/aromatic N) is 3. The third-order valence-electron chi connectivity index (χ3n) is 3.34. The molecule has 0 aliphatic rings. The second kappa shape index (κ2) is 5.13. The van der Waals surface area contributed by atoms with Gasteiger partial charge in [0.15, 0.2) is 0 Å². The summed E-state index contributed by atoms with van der Waals surface area (Å²) in [5.41, 5.74) is 2.22. The van der Waals surface area contributed by atoms with Gasteiger partial charge in [-0.25, -0.2) is 13.8 Å². The normalized spacial score (nSPS) is 11.3. The molecule has 4 aromatic rings. The molecule has 2 aromatic carbocycles. The Bertz CT molecular complexity index is 1030. The number of imidazole rings is 1. The van der Waals surface area contributed by atoms with Crippen molar-refractivity contribution in [2.45, 2.75) is 0 Å². The molecule has 2 heterocycles. The first-order valence-corrected chi connectivity index (χ1v) is 6.92. The maximum atomic E-state index is 13.9. The number of hydrogen-bond acceptors (Lipinski definition) is 4. The van der Waals surface area contributed by atoms with E-state index in [1.54, 1.807) is 24.5 Å². The Kier molecular flexibility index (Phi) is 3.09. The first kappa shape index (κ1) is 13.8. The van der Waals surface area contributed by atoms with Gasteiger partial charge in [0.25, 0.3) is 5.89 Å². The van der Waals surface area contributed by atoms with E-state index in [-0.39, 0.29) is 22.3 Å². The molecule has 1 N–H and O–H groups in total. The lowest BCUT2D eigenvalue weighted by molar-refractivity contribution is 0.429. The first-order valence-electron chi connectivity index (χ1n) is 6.54. The van der Waals surface area contributed by atoms with Crippen LogP contribution in [0.4, 0.5) is 8.78 Å². The number of benzene rings is 2. The van der Waals surface area contributed by atoms with E-state index in [9.17, 15) is 8.78 Å². The SMILES string of the molecule is Fc1cc(F)c(-c2nc(-c3ccc4nc[nH]c4c3)no2)cc1Cl. The van der Waals surface area contributed by atoms with E-state index >= 15 is 0 Å². The highest BCUT2D eigenvalue weighted by Crippen LogP contribution is 2.29. The molecule has 114 valence electrons. The molecule has 23 heavy (non-hydrogen) atoms. The topological polar surface area (TPSA) is 67.6 Å². The van der Waals surface area contributed by atoms with Crippen molar-refractivity contribution in [3.63, 3.8) is 0 Å². The van der Waals surface area contributed by atoms with Crippen LogP contribution in [-0.2, 0) is 0 Å². The minimum absolute atomic E-state index is 0.0576. The van der Waals surface area contributed by atoms with Crippen LogP contribution in [0.25, 0.3) is 33.9 Å². The number of aromatic nitrogens is 4. The lowest BCUT2D eigenvalue weighted by atomic mass is 10.2. The predicted molar refractivity (Wildman–Crippen MR) is 79.7 cm³/mol. The summed E-state index contributed by atoms with van der Waals surface area (Å²) in [6.45, 7) is 0. The molecule has 0 atom stereocenters. The Morgan fingerprint density at radius 2 is 1.96 bits per heavy atom. The molecular formula is C15H7ClF2N4O. The average molecular weight is 333 g/mol. The lowest BCUT2D eigenvalue weighted by Gasteiger charge is -1.99. The molecule has 0 aliphatic heterocycles. The van der Waals surface area contributed by atoms with Crippen molar-refractivity contribution in [3.05, 3.63) is 53.3 Å². The number of aromatic amines is 1. The maximum absolute atomic E-state index is 13.9. The Labute approximate surface area is 132 Å². The van der Waals surface area contributed by atoms with Crippen LogP contribution < -0.4 is 0 Å². The number of hydrogen-bond donors (Lipinski definition) is 1. The summed E-state index contributed by atoms with van der Waals surface area (Å²) in [4.78, 5) is 11.2. The third kappa shape index (κ3) is 2.35. The highest BCUT2D eigenvalue weighted by Gasteiger charge is 2.17. The smallest absolute Gasteiger partial charge is 0.261 e. The van der Waals surface area contributed by atoms with Crippen LogP contribution in [0, 0.1) is 11.6 Å². The Morgan fingerprint density at radius 1 is 1.09 bits per heavy atom. The Hall–Kier alpha value is -2.80. The standard InChI is InChI=1S/C15H7ClF2N4O/c16-9-4-8(10(17)5-11(9)18)15-21-14(22-23-15)7-1-2-12-13(3-7)20-6-19-12/h1-6H,(H,19,20). The summed E-state index contributed by atoms with van der Waals surface area (Å²) < 4.78 is 32.1. The molecule has 0 unspecified atom stereocenters. The van der Waals surface area contributed by atoms with E-state index in [0.29, 0.717) is 11.6 Å². The zero-order valence-corrected chi connectivity index (χ0v) is 12.1. The van der Waals surface area contributed by atoms with Crippen molar-refractivity contribution in [2.75, 3.05) is 0 Å². The largest absolute Gasteiger partial charge is 0.345 e. The molecule has 5 nitrogen and oxygen atoms in total. The summed E-state index contributed by atoms with van der Waals surface area (Å²) >= 11 is 5.67. The van der Waals surface area contributed by atoms with Crippen LogP contribution >= 0.6 is 11.6 Å². The van der Waals surface area contributed by atoms with Gasteiger partial charge in [0.2, 0.25) is 5.82 Å².